The van der Waals surface area contributed by atoms with Crippen LogP contribution in [0.3, 0.4) is 0 Å². The van der Waals surface area contributed by atoms with Gasteiger partial charge >= 0.3 is 6.20 Å². The summed E-state index contributed by atoms with van der Waals surface area (Å²) in [5.41, 5.74) is 4.57. The van der Waals surface area contributed by atoms with E-state index in [1.165, 1.54) is 0 Å². The number of nitrogens with two attached hydrogens (primary N) is 1. The highest BCUT2D eigenvalue weighted by Gasteiger charge is 1.84. The van der Waals surface area contributed by atoms with Gasteiger partial charge in [0.15, 0.2) is 4.98 Å². The third-order valence-corrected chi connectivity index (χ3v) is 0.190. The highest BCUT2D eigenvalue weighted by atomic mass is 16.3. The SMILES string of the molecule is N#[N+]/C=C(\N)O. The van der Waals surface area contributed by atoms with Crippen molar-refractivity contribution < 1.29 is 5.11 Å². The third kappa shape index (κ3) is 2.76. The van der Waals surface area contributed by atoms with Crippen LogP contribution >= 0.6 is 0 Å². The molecule has 0 aliphatic rings. The molecule has 0 saturated carbocycles. The minimum Gasteiger partial charge on any atom is -0.490 e. The zero-order chi connectivity index (χ0) is 4.99. The summed E-state index contributed by atoms with van der Waals surface area (Å²) in [6.45, 7) is 0. The normalized spacial score (nSPS) is 10.2. The van der Waals surface area contributed by atoms with Gasteiger partial charge in [-0.2, -0.15) is 0 Å². The zero-order valence-electron chi connectivity index (χ0n) is 3.00. The molecule has 6 heavy (non-hydrogen) atoms. The van der Waals surface area contributed by atoms with Crippen LogP contribution in [-0.2, 0) is 0 Å². The fourth-order valence-corrected chi connectivity index (χ4v) is 0.0592. The number of aliphatic hydroxyl groups excluding tert-OH is 1. The molecule has 4 nitrogen and oxygen atoms in total. The topological polar surface area (TPSA) is 74.4 Å². The van der Waals surface area contributed by atoms with Gasteiger partial charge in [0.2, 0.25) is 5.39 Å². The van der Waals surface area contributed by atoms with Crippen molar-refractivity contribution in [3.63, 3.8) is 0 Å². The first kappa shape index (κ1) is 4.76. The maximum absolute atomic E-state index is 7.94. The van der Waals surface area contributed by atoms with Crippen LogP contribution in [0.4, 0.5) is 0 Å². The molecule has 0 amide bonds. The van der Waals surface area contributed by atoms with Gasteiger partial charge in [0.25, 0.3) is 5.88 Å². The van der Waals surface area contributed by atoms with E-state index < -0.39 is 5.88 Å². The fourth-order valence-electron chi connectivity index (χ4n) is 0.0592. The van der Waals surface area contributed by atoms with Crippen molar-refractivity contribution in [3.05, 3.63) is 17.1 Å². The molecule has 0 aliphatic heterocycles. The fraction of sp³-hybridized carbons (Fsp3) is 0. The van der Waals surface area contributed by atoms with E-state index in [9.17, 15) is 0 Å². The molecule has 3 N–H and O–H groups in total. The molecule has 4 heteroatoms. The maximum Gasteiger partial charge on any atom is 0.408 e. The monoisotopic (exact) mass is 86.0 g/mol. The molecule has 0 radical (unpaired) electrons. The first-order chi connectivity index (χ1) is 2.77. The van der Waals surface area contributed by atoms with E-state index in [2.05, 4.69) is 10.7 Å². The van der Waals surface area contributed by atoms with Crippen LogP contribution in [0, 0.1) is 5.39 Å². The van der Waals surface area contributed by atoms with Gasteiger partial charge in [-0.25, -0.2) is 0 Å². The lowest BCUT2D eigenvalue weighted by molar-refractivity contribution is 0.405. The van der Waals surface area contributed by atoms with Crippen LogP contribution < -0.4 is 5.73 Å². The summed E-state index contributed by atoms with van der Waals surface area (Å²) in [6, 6.07) is 0. The van der Waals surface area contributed by atoms with Gasteiger partial charge in [-0.15, -0.1) is 0 Å². The summed E-state index contributed by atoms with van der Waals surface area (Å²) < 4.78 is 0. The number of aliphatic hydroxyl groups is 1. The Morgan fingerprint density at radius 1 is 2.00 bits per heavy atom. The minimum absolute atomic E-state index is 0.502. The van der Waals surface area contributed by atoms with E-state index in [4.69, 9.17) is 10.5 Å². The van der Waals surface area contributed by atoms with Crippen LogP contribution in [0.5, 0.6) is 0 Å². The molecule has 0 heterocycles. The van der Waals surface area contributed by atoms with Crippen LogP contribution in [0.2, 0.25) is 0 Å². The minimum atomic E-state index is -0.502. The molecule has 32 valence electrons. The van der Waals surface area contributed by atoms with Gasteiger partial charge in [0.1, 0.15) is 0 Å². The third-order valence-electron chi connectivity index (χ3n) is 0.190. The molecule has 0 bridgehead atoms. The highest BCUT2D eigenvalue weighted by Crippen LogP contribution is 1.71. The first-order valence-electron chi connectivity index (χ1n) is 1.26. The van der Waals surface area contributed by atoms with Crippen LogP contribution in [0.1, 0.15) is 0 Å². The van der Waals surface area contributed by atoms with Crippen molar-refractivity contribution >= 4 is 0 Å². The van der Waals surface area contributed by atoms with Crippen molar-refractivity contribution in [2.24, 2.45) is 5.73 Å². The second-order valence-electron chi connectivity index (χ2n) is 0.669. The highest BCUT2D eigenvalue weighted by molar-refractivity contribution is 4.89. The standard InChI is InChI=1S/C2H3N3O/c3-2(6)1-5-4/h1H,3H2/p+1/b2-1+. The van der Waals surface area contributed by atoms with Gasteiger partial charge in [-0.3, -0.25) is 0 Å². The Bertz CT molecular complexity index is 95.9. The molecular formula is C2H4N3O+. The zero-order valence-corrected chi connectivity index (χ0v) is 3.00. The molecule has 0 spiro atoms. The largest absolute Gasteiger partial charge is 0.490 e. The summed E-state index contributed by atoms with van der Waals surface area (Å²) >= 11 is 0. The summed E-state index contributed by atoms with van der Waals surface area (Å²) in [5.74, 6) is -0.502. The summed E-state index contributed by atoms with van der Waals surface area (Å²) in [4.78, 5) is 2.40. The van der Waals surface area contributed by atoms with Gasteiger partial charge in [0.05, 0.1) is 0 Å². The van der Waals surface area contributed by atoms with Crippen molar-refractivity contribution in [1.29, 1.82) is 5.39 Å². The van der Waals surface area contributed by atoms with Crippen LogP contribution in [0.15, 0.2) is 12.1 Å². The van der Waals surface area contributed by atoms with E-state index in [1.54, 1.807) is 0 Å². The summed E-state index contributed by atoms with van der Waals surface area (Å²) in [5, 5.41) is 15.5. The number of rotatable bonds is 0. The Hall–Kier alpha value is -1.24. The number of nitrogens with zero attached hydrogens (tertiary/aromatic N) is 2. The van der Waals surface area contributed by atoms with Crippen molar-refractivity contribution in [1.82, 2.24) is 0 Å². The van der Waals surface area contributed by atoms with Crippen molar-refractivity contribution in [2.75, 3.05) is 0 Å². The smallest absolute Gasteiger partial charge is 0.408 e. The number of hydrogen-bond donors (Lipinski definition) is 2. The molecular weight excluding hydrogens is 82.0 g/mol. The molecule has 0 aromatic rings. The van der Waals surface area contributed by atoms with E-state index in [0.717, 1.165) is 6.20 Å². The quantitative estimate of drug-likeness (QED) is 0.325. The van der Waals surface area contributed by atoms with E-state index in [-0.39, 0.29) is 0 Å². The average molecular weight is 86.1 g/mol. The predicted molar refractivity (Wildman–Crippen MR) is 20.0 cm³/mol. The molecule has 0 atom stereocenters. The Morgan fingerprint density at radius 3 is 2.50 bits per heavy atom. The molecule has 0 saturated heterocycles. The van der Waals surface area contributed by atoms with E-state index in [1.807, 2.05) is 0 Å². The Morgan fingerprint density at radius 2 is 2.50 bits per heavy atom. The van der Waals surface area contributed by atoms with Gasteiger partial charge in [0, 0.05) is 0 Å². The van der Waals surface area contributed by atoms with Crippen LogP contribution in [0.25, 0.3) is 4.98 Å². The van der Waals surface area contributed by atoms with Gasteiger partial charge in [-0.05, 0) is 0 Å². The summed E-state index contributed by atoms with van der Waals surface area (Å²) in [6.07, 6.45) is 0.722. The molecule has 0 fully saturated rings. The van der Waals surface area contributed by atoms with Gasteiger partial charge in [-0.1, -0.05) is 0 Å². The Labute approximate surface area is 34.5 Å². The molecule has 0 aromatic heterocycles. The lowest BCUT2D eigenvalue weighted by Gasteiger charge is -1.67. The Kier molecular flexibility index (Phi) is 1.61. The maximum atomic E-state index is 7.94. The lowest BCUT2D eigenvalue weighted by Crippen LogP contribution is -1.91. The number of diazo groups is 1. The van der Waals surface area contributed by atoms with E-state index >= 15 is 0 Å². The van der Waals surface area contributed by atoms with E-state index in [0.29, 0.717) is 0 Å². The predicted octanol–water partition coefficient (Wildman–Crippen LogP) is 0.155. The van der Waals surface area contributed by atoms with Crippen molar-refractivity contribution in [3.8, 4) is 0 Å². The van der Waals surface area contributed by atoms with Crippen LogP contribution in [-0.4, -0.2) is 5.11 Å². The van der Waals surface area contributed by atoms with Gasteiger partial charge < -0.3 is 10.8 Å². The van der Waals surface area contributed by atoms with Crippen molar-refractivity contribution in [2.45, 2.75) is 0 Å². The molecule has 0 unspecified atom stereocenters. The summed E-state index contributed by atoms with van der Waals surface area (Å²) in [7, 11) is 0. The Balaban J connectivity index is 3.51. The second kappa shape index (κ2) is 2.03. The number of hydrogen-bond acceptors (Lipinski definition) is 3. The molecule has 0 aromatic carbocycles. The first-order valence-corrected chi connectivity index (χ1v) is 1.26. The molecule has 0 aliphatic carbocycles. The molecule has 0 rings (SSSR count). The lowest BCUT2D eigenvalue weighted by atomic mass is 10.9. The average Bonchev–Trinajstić information content (AvgIpc) is 1.35. The second-order valence-corrected chi connectivity index (χ2v) is 0.669.